The van der Waals surface area contributed by atoms with E-state index in [9.17, 15) is 13.2 Å². The molecule has 20 heavy (non-hydrogen) atoms. The van der Waals surface area contributed by atoms with Crippen LogP contribution in [0.25, 0.3) is 0 Å². The summed E-state index contributed by atoms with van der Waals surface area (Å²) in [6.07, 6.45) is 0.872. The van der Waals surface area contributed by atoms with Crippen LogP contribution in [0.15, 0.2) is 0 Å². The van der Waals surface area contributed by atoms with E-state index in [0.717, 1.165) is 39.3 Å². The second-order valence-electron chi connectivity index (χ2n) is 5.70. The summed E-state index contributed by atoms with van der Waals surface area (Å²) < 4.78 is 28.5. The molecule has 114 valence electrons. The van der Waals surface area contributed by atoms with Gasteiger partial charge < -0.3 is 15.0 Å². The van der Waals surface area contributed by atoms with Gasteiger partial charge in [-0.05, 0) is 6.42 Å². The normalized spacial score (nSPS) is 33.2. The van der Waals surface area contributed by atoms with Crippen molar-refractivity contribution in [2.75, 3.05) is 50.9 Å². The van der Waals surface area contributed by atoms with Gasteiger partial charge in [-0.25, -0.2) is 13.2 Å². The minimum Gasteiger partial charge on any atom is -0.379 e. The van der Waals surface area contributed by atoms with Crippen molar-refractivity contribution in [2.45, 2.75) is 18.5 Å². The highest BCUT2D eigenvalue weighted by atomic mass is 32.2. The van der Waals surface area contributed by atoms with Crippen LogP contribution in [0.3, 0.4) is 0 Å². The summed E-state index contributed by atoms with van der Waals surface area (Å²) in [6.45, 7) is 4.97. The van der Waals surface area contributed by atoms with E-state index in [0.29, 0.717) is 6.54 Å². The highest BCUT2D eigenvalue weighted by Gasteiger charge is 2.48. The number of carbonyl (C=O) groups excluding carboxylic acids is 1. The smallest absolute Gasteiger partial charge is 0.318 e. The Hall–Kier alpha value is -0.860. The summed E-state index contributed by atoms with van der Waals surface area (Å²) >= 11 is 0. The van der Waals surface area contributed by atoms with E-state index in [1.54, 1.807) is 4.90 Å². The van der Waals surface area contributed by atoms with Crippen LogP contribution >= 0.6 is 0 Å². The molecule has 3 fully saturated rings. The van der Waals surface area contributed by atoms with Crippen LogP contribution in [-0.4, -0.2) is 87.2 Å². The van der Waals surface area contributed by atoms with E-state index in [4.69, 9.17) is 4.74 Å². The van der Waals surface area contributed by atoms with Crippen LogP contribution in [0.1, 0.15) is 6.42 Å². The summed E-state index contributed by atoms with van der Waals surface area (Å²) in [6, 6.07) is -0.495. The fourth-order valence-electron chi connectivity index (χ4n) is 3.22. The predicted molar refractivity (Wildman–Crippen MR) is 73.3 cm³/mol. The number of nitrogens with one attached hydrogen (secondary N) is 1. The average molecular weight is 303 g/mol. The monoisotopic (exact) mass is 303 g/mol. The first-order valence-corrected chi connectivity index (χ1v) is 8.95. The summed E-state index contributed by atoms with van der Waals surface area (Å²) in [5.41, 5.74) is 0. The molecule has 0 aromatic heterocycles. The molecule has 0 saturated carbocycles. The maximum Gasteiger partial charge on any atom is 0.318 e. The molecule has 3 rings (SSSR count). The quantitative estimate of drug-likeness (QED) is 0.667. The van der Waals surface area contributed by atoms with E-state index >= 15 is 0 Å². The molecule has 1 N–H and O–H groups in total. The molecule has 3 aliphatic rings. The lowest BCUT2D eigenvalue weighted by Crippen LogP contribution is -2.41. The number of amides is 2. The maximum atomic E-state index is 11.9. The number of rotatable bonds is 4. The van der Waals surface area contributed by atoms with E-state index < -0.39 is 9.84 Å². The zero-order chi connectivity index (χ0) is 14.2. The Balaban J connectivity index is 1.50. The van der Waals surface area contributed by atoms with Gasteiger partial charge in [-0.1, -0.05) is 0 Å². The molecule has 0 radical (unpaired) electrons. The third-order valence-electron chi connectivity index (χ3n) is 4.27. The minimum atomic E-state index is -2.99. The van der Waals surface area contributed by atoms with Gasteiger partial charge in [-0.2, -0.15) is 0 Å². The molecular weight excluding hydrogens is 282 g/mol. The lowest BCUT2D eigenvalue weighted by atomic mass is 10.2. The van der Waals surface area contributed by atoms with Gasteiger partial charge in [0.25, 0.3) is 0 Å². The van der Waals surface area contributed by atoms with Crippen LogP contribution in [0.5, 0.6) is 0 Å². The third kappa shape index (κ3) is 2.91. The Morgan fingerprint density at radius 1 is 1.20 bits per heavy atom. The molecule has 2 atom stereocenters. The molecule has 3 aliphatic heterocycles. The SMILES string of the molecule is O=C1N[C@@H]2CS(=O)(=O)C[C@@H]2N1CCCN1CCOCC1. The van der Waals surface area contributed by atoms with Gasteiger partial charge in [0.05, 0.1) is 36.8 Å². The van der Waals surface area contributed by atoms with Crippen molar-refractivity contribution in [3.05, 3.63) is 0 Å². The van der Waals surface area contributed by atoms with Crippen LogP contribution in [-0.2, 0) is 14.6 Å². The molecule has 0 unspecified atom stereocenters. The highest BCUT2D eigenvalue weighted by Crippen LogP contribution is 2.24. The summed E-state index contributed by atoms with van der Waals surface area (Å²) in [5, 5.41) is 2.78. The zero-order valence-electron chi connectivity index (χ0n) is 11.5. The van der Waals surface area contributed by atoms with Crippen molar-refractivity contribution in [3.8, 4) is 0 Å². The molecule has 2 amide bonds. The number of hydrogen-bond donors (Lipinski definition) is 1. The number of fused-ring (bicyclic) bond motifs is 1. The van der Waals surface area contributed by atoms with Gasteiger partial charge in [-0.15, -0.1) is 0 Å². The molecule has 0 aromatic rings. The minimum absolute atomic E-state index is 0.0867. The number of carbonyl (C=O) groups is 1. The lowest BCUT2D eigenvalue weighted by molar-refractivity contribution is 0.0364. The molecular formula is C12H21N3O4S. The zero-order valence-corrected chi connectivity index (χ0v) is 12.3. The molecule has 7 nitrogen and oxygen atoms in total. The molecule has 0 spiro atoms. The maximum absolute atomic E-state index is 11.9. The van der Waals surface area contributed by atoms with Crippen molar-refractivity contribution in [3.63, 3.8) is 0 Å². The van der Waals surface area contributed by atoms with Gasteiger partial charge in [0.2, 0.25) is 0 Å². The van der Waals surface area contributed by atoms with Crippen molar-refractivity contribution >= 4 is 15.9 Å². The van der Waals surface area contributed by atoms with Crippen LogP contribution in [0.4, 0.5) is 4.79 Å². The second-order valence-corrected chi connectivity index (χ2v) is 7.86. The number of urea groups is 1. The largest absolute Gasteiger partial charge is 0.379 e. The van der Waals surface area contributed by atoms with Crippen LogP contribution in [0.2, 0.25) is 0 Å². The predicted octanol–water partition coefficient (Wildman–Crippen LogP) is -1.10. The fourth-order valence-corrected chi connectivity index (χ4v) is 5.14. The van der Waals surface area contributed by atoms with E-state index in [2.05, 4.69) is 10.2 Å². The number of sulfone groups is 1. The van der Waals surface area contributed by atoms with Crippen molar-refractivity contribution in [1.82, 2.24) is 15.1 Å². The van der Waals surface area contributed by atoms with Crippen molar-refractivity contribution in [2.24, 2.45) is 0 Å². The Kier molecular flexibility index (Phi) is 3.87. The number of morpholine rings is 1. The Labute approximate surface area is 119 Å². The Morgan fingerprint density at radius 2 is 1.95 bits per heavy atom. The molecule has 3 saturated heterocycles. The molecule has 0 bridgehead atoms. The summed E-state index contributed by atoms with van der Waals surface area (Å²) in [5.74, 6) is 0.192. The van der Waals surface area contributed by atoms with Crippen molar-refractivity contribution < 1.29 is 17.9 Å². The van der Waals surface area contributed by atoms with Gasteiger partial charge in [0.1, 0.15) is 0 Å². The number of nitrogens with zero attached hydrogens (tertiary/aromatic N) is 2. The van der Waals surface area contributed by atoms with Gasteiger partial charge in [0, 0.05) is 26.2 Å². The molecule has 3 heterocycles. The van der Waals surface area contributed by atoms with Crippen LogP contribution < -0.4 is 5.32 Å². The first kappa shape index (κ1) is 14.1. The summed E-state index contributed by atoms with van der Waals surface area (Å²) in [7, 11) is -2.99. The fraction of sp³-hybridized carbons (Fsp3) is 0.917. The lowest BCUT2D eigenvalue weighted by Gasteiger charge is -2.28. The van der Waals surface area contributed by atoms with E-state index in [-0.39, 0.29) is 29.6 Å². The standard InChI is InChI=1S/C12H21N3O4S/c16-12-13-10-8-20(17,18)9-11(10)15(12)3-1-2-14-4-6-19-7-5-14/h10-11H,1-9H2,(H,13,16)/t10-,11+/m1/s1. The first-order chi connectivity index (χ1) is 9.55. The van der Waals surface area contributed by atoms with E-state index in [1.165, 1.54) is 0 Å². The van der Waals surface area contributed by atoms with Gasteiger partial charge >= 0.3 is 6.03 Å². The number of hydrogen-bond acceptors (Lipinski definition) is 5. The van der Waals surface area contributed by atoms with Gasteiger partial charge in [-0.3, -0.25) is 4.90 Å². The highest BCUT2D eigenvalue weighted by molar-refractivity contribution is 7.91. The molecule has 8 heteroatoms. The summed E-state index contributed by atoms with van der Waals surface area (Å²) in [4.78, 5) is 15.9. The van der Waals surface area contributed by atoms with Gasteiger partial charge in [0.15, 0.2) is 9.84 Å². The van der Waals surface area contributed by atoms with Crippen molar-refractivity contribution in [1.29, 1.82) is 0 Å². The molecule has 0 aromatic carbocycles. The topological polar surface area (TPSA) is 79.0 Å². The first-order valence-electron chi connectivity index (χ1n) is 7.13. The Bertz CT molecular complexity index is 475. The van der Waals surface area contributed by atoms with Crippen LogP contribution in [0, 0.1) is 0 Å². The second kappa shape index (κ2) is 5.50. The Morgan fingerprint density at radius 3 is 2.70 bits per heavy atom. The average Bonchev–Trinajstić information content (AvgIpc) is 2.83. The van der Waals surface area contributed by atoms with E-state index in [1.807, 2.05) is 0 Å². The third-order valence-corrected chi connectivity index (χ3v) is 5.99. The number of ether oxygens (including phenoxy) is 1. The molecule has 0 aliphatic carbocycles.